The topological polar surface area (TPSA) is 89.3 Å². The van der Waals surface area contributed by atoms with Gasteiger partial charge in [-0.1, -0.05) is 24.3 Å². The van der Waals surface area contributed by atoms with Gasteiger partial charge in [0.05, 0.1) is 10.9 Å². The summed E-state index contributed by atoms with van der Waals surface area (Å²) in [5.41, 5.74) is 3.44. The van der Waals surface area contributed by atoms with Gasteiger partial charge in [-0.2, -0.15) is 0 Å². The lowest BCUT2D eigenvalue weighted by Crippen LogP contribution is -2.27. The van der Waals surface area contributed by atoms with Gasteiger partial charge in [-0.25, -0.2) is 13.6 Å². The normalized spacial score (nSPS) is 12.7. The Bertz CT molecular complexity index is 827. The van der Waals surface area contributed by atoms with Gasteiger partial charge in [0.15, 0.2) is 0 Å². The molecule has 0 saturated carbocycles. The summed E-state index contributed by atoms with van der Waals surface area (Å²) < 4.78 is 22.5. The van der Waals surface area contributed by atoms with Crippen molar-refractivity contribution >= 4 is 15.9 Å². The molecule has 23 heavy (non-hydrogen) atoms. The number of amides is 1. The Kier molecular flexibility index (Phi) is 4.87. The van der Waals surface area contributed by atoms with E-state index in [-0.39, 0.29) is 16.8 Å². The summed E-state index contributed by atoms with van der Waals surface area (Å²) in [6, 6.07) is 11.5. The first-order valence-corrected chi connectivity index (χ1v) is 8.74. The molecule has 0 fully saturated rings. The molecule has 0 heterocycles. The molecule has 1 amide bonds. The Morgan fingerprint density at radius 3 is 2.26 bits per heavy atom. The van der Waals surface area contributed by atoms with Gasteiger partial charge >= 0.3 is 0 Å². The lowest BCUT2D eigenvalue weighted by Gasteiger charge is -2.16. The highest BCUT2D eigenvalue weighted by Gasteiger charge is 2.15. The van der Waals surface area contributed by atoms with Gasteiger partial charge in [-0.05, 0) is 55.7 Å². The fourth-order valence-corrected chi connectivity index (χ4v) is 2.82. The number of nitrogens with two attached hydrogens (primary N) is 1. The molecule has 2 rings (SSSR count). The van der Waals surface area contributed by atoms with Crippen molar-refractivity contribution in [3.63, 3.8) is 0 Å². The Balaban J connectivity index is 2.17. The largest absolute Gasteiger partial charge is 0.346 e. The number of sulfonamides is 1. The highest BCUT2D eigenvalue weighted by Crippen LogP contribution is 2.18. The predicted octanol–water partition coefficient (Wildman–Crippen LogP) is 2.44. The van der Waals surface area contributed by atoms with E-state index in [1.807, 2.05) is 32.9 Å². The van der Waals surface area contributed by atoms with E-state index < -0.39 is 10.0 Å². The lowest BCUT2D eigenvalue weighted by molar-refractivity contribution is 0.0939. The van der Waals surface area contributed by atoms with Crippen LogP contribution in [0, 0.1) is 13.8 Å². The molecule has 122 valence electrons. The smallest absolute Gasteiger partial charge is 0.252 e. The van der Waals surface area contributed by atoms with Crippen LogP contribution in [-0.4, -0.2) is 14.3 Å². The summed E-state index contributed by atoms with van der Waals surface area (Å²) in [4.78, 5) is 12.5. The van der Waals surface area contributed by atoms with Crippen LogP contribution in [0.2, 0.25) is 0 Å². The summed E-state index contributed by atoms with van der Waals surface area (Å²) in [6.07, 6.45) is 0. The SMILES string of the molecule is Cc1cccc(C(=O)NC(C)c2ccc(S(N)(=O)=O)cc2)c1C. The minimum Gasteiger partial charge on any atom is -0.346 e. The number of benzene rings is 2. The molecule has 0 aliphatic rings. The molecule has 0 spiro atoms. The van der Waals surface area contributed by atoms with E-state index in [0.717, 1.165) is 16.7 Å². The first-order valence-electron chi connectivity index (χ1n) is 7.20. The van der Waals surface area contributed by atoms with E-state index >= 15 is 0 Å². The molecule has 2 aromatic carbocycles. The standard InChI is InChI=1S/C17H20N2O3S/c1-11-5-4-6-16(12(11)2)17(20)19-13(3)14-7-9-15(10-8-14)23(18,21)22/h4-10,13H,1-3H3,(H,19,20)(H2,18,21,22). The second-order valence-corrected chi connectivity index (χ2v) is 7.12. The number of carbonyl (C=O) groups is 1. The highest BCUT2D eigenvalue weighted by molar-refractivity contribution is 7.89. The maximum atomic E-state index is 12.4. The molecule has 0 aliphatic heterocycles. The third kappa shape index (κ3) is 3.97. The van der Waals surface area contributed by atoms with E-state index in [0.29, 0.717) is 5.56 Å². The second kappa shape index (κ2) is 6.52. The molecule has 0 bridgehead atoms. The van der Waals surface area contributed by atoms with Crippen molar-refractivity contribution < 1.29 is 13.2 Å². The van der Waals surface area contributed by atoms with Crippen molar-refractivity contribution in [3.8, 4) is 0 Å². The van der Waals surface area contributed by atoms with Crippen LogP contribution >= 0.6 is 0 Å². The van der Waals surface area contributed by atoms with Gasteiger partial charge in [0.1, 0.15) is 0 Å². The fraction of sp³-hybridized carbons (Fsp3) is 0.235. The number of hydrogen-bond acceptors (Lipinski definition) is 3. The number of nitrogens with one attached hydrogen (secondary N) is 1. The van der Waals surface area contributed by atoms with Crippen LogP contribution in [0.25, 0.3) is 0 Å². The van der Waals surface area contributed by atoms with Crippen LogP contribution in [0.1, 0.15) is 40.0 Å². The van der Waals surface area contributed by atoms with Gasteiger partial charge in [0.2, 0.25) is 10.0 Å². The maximum absolute atomic E-state index is 12.4. The number of carbonyl (C=O) groups excluding carboxylic acids is 1. The van der Waals surface area contributed by atoms with Crippen LogP contribution in [-0.2, 0) is 10.0 Å². The number of aryl methyl sites for hydroxylation is 1. The van der Waals surface area contributed by atoms with Gasteiger partial charge in [-0.3, -0.25) is 4.79 Å². The van der Waals surface area contributed by atoms with Crippen LogP contribution in [0.3, 0.4) is 0 Å². The molecule has 3 N–H and O–H groups in total. The Labute approximate surface area is 136 Å². The lowest BCUT2D eigenvalue weighted by atomic mass is 10.0. The van der Waals surface area contributed by atoms with Crippen molar-refractivity contribution in [1.82, 2.24) is 5.32 Å². The maximum Gasteiger partial charge on any atom is 0.252 e. The van der Waals surface area contributed by atoms with Gasteiger partial charge in [0.25, 0.3) is 5.91 Å². The molecule has 5 nitrogen and oxygen atoms in total. The van der Waals surface area contributed by atoms with E-state index in [1.54, 1.807) is 18.2 Å². The summed E-state index contributed by atoms with van der Waals surface area (Å²) in [7, 11) is -3.71. The minimum absolute atomic E-state index is 0.0503. The number of rotatable bonds is 4. The van der Waals surface area contributed by atoms with Crippen molar-refractivity contribution in [2.75, 3.05) is 0 Å². The van der Waals surface area contributed by atoms with Crippen molar-refractivity contribution in [2.24, 2.45) is 5.14 Å². The molecule has 0 radical (unpaired) electrons. The van der Waals surface area contributed by atoms with E-state index in [1.165, 1.54) is 12.1 Å². The zero-order valence-electron chi connectivity index (χ0n) is 13.3. The third-order valence-electron chi connectivity index (χ3n) is 3.91. The third-order valence-corrected chi connectivity index (χ3v) is 4.83. The Morgan fingerprint density at radius 1 is 1.09 bits per heavy atom. The summed E-state index contributed by atoms with van der Waals surface area (Å²) in [6.45, 7) is 5.71. The average molecular weight is 332 g/mol. The number of hydrogen-bond donors (Lipinski definition) is 2. The molecule has 1 unspecified atom stereocenters. The first kappa shape index (κ1) is 17.2. The summed E-state index contributed by atoms with van der Waals surface area (Å²) in [5, 5.41) is 7.99. The van der Waals surface area contributed by atoms with Crippen molar-refractivity contribution in [3.05, 3.63) is 64.7 Å². The molecule has 0 aromatic heterocycles. The minimum atomic E-state index is -3.71. The zero-order chi connectivity index (χ0) is 17.2. The summed E-state index contributed by atoms with van der Waals surface area (Å²) >= 11 is 0. The van der Waals surface area contributed by atoms with E-state index in [9.17, 15) is 13.2 Å². The van der Waals surface area contributed by atoms with Crippen LogP contribution in [0.15, 0.2) is 47.4 Å². The van der Waals surface area contributed by atoms with Crippen LogP contribution < -0.4 is 10.5 Å². The van der Waals surface area contributed by atoms with Gasteiger partial charge < -0.3 is 5.32 Å². The van der Waals surface area contributed by atoms with Gasteiger partial charge in [-0.15, -0.1) is 0 Å². The molecular formula is C17H20N2O3S. The number of primary sulfonamides is 1. The molecular weight excluding hydrogens is 312 g/mol. The van der Waals surface area contributed by atoms with Crippen molar-refractivity contribution in [2.45, 2.75) is 31.7 Å². The predicted molar refractivity (Wildman–Crippen MR) is 89.6 cm³/mol. The van der Waals surface area contributed by atoms with Crippen LogP contribution in [0.5, 0.6) is 0 Å². The van der Waals surface area contributed by atoms with Gasteiger partial charge in [0, 0.05) is 5.56 Å². The Hall–Kier alpha value is -2.18. The monoisotopic (exact) mass is 332 g/mol. The quantitative estimate of drug-likeness (QED) is 0.901. The first-order chi connectivity index (χ1) is 10.7. The van der Waals surface area contributed by atoms with Crippen molar-refractivity contribution in [1.29, 1.82) is 0 Å². The molecule has 0 aliphatic carbocycles. The average Bonchev–Trinajstić information content (AvgIpc) is 2.49. The second-order valence-electron chi connectivity index (χ2n) is 5.56. The summed E-state index contributed by atoms with van der Waals surface area (Å²) in [5.74, 6) is -0.158. The molecule has 2 aromatic rings. The molecule has 1 atom stereocenters. The fourth-order valence-electron chi connectivity index (χ4n) is 2.30. The highest BCUT2D eigenvalue weighted by atomic mass is 32.2. The van der Waals surface area contributed by atoms with Crippen LogP contribution in [0.4, 0.5) is 0 Å². The van der Waals surface area contributed by atoms with E-state index in [2.05, 4.69) is 5.32 Å². The zero-order valence-corrected chi connectivity index (χ0v) is 14.1. The van der Waals surface area contributed by atoms with E-state index in [4.69, 9.17) is 5.14 Å². The molecule has 6 heteroatoms. The molecule has 0 saturated heterocycles. The Morgan fingerprint density at radius 2 is 1.70 bits per heavy atom.